The molecule has 61 heavy (non-hydrogen) atoms. The van der Waals surface area contributed by atoms with Crippen LogP contribution in [0.2, 0.25) is 0 Å². The number of nitrogens with zero attached hydrogens (tertiary/aromatic N) is 5. The zero-order valence-electron chi connectivity index (χ0n) is 32.5. The number of benzene rings is 8. The van der Waals surface area contributed by atoms with E-state index in [0.29, 0.717) is 23.1 Å². The second-order valence-electron chi connectivity index (χ2n) is 15.4. The molecule has 13 rings (SSSR count). The van der Waals surface area contributed by atoms with E-state index in [2.05, 4.69) is 161 Å². The second kappa shape index (κ2) is 13.3. The van der Waals surface area contributed by atoms with Crippen LogP contribution in [-0.4, -0.2) is 24.5 Å². The molecule has 8 aromatic carbocycles. The van der Waals surface area contributed by atoms with Gasteiger partial charge >= 0.3 is 0 Å². The number of para-hydroxylation sites is 2. The molecule has 0 aliphatic heterocycles. The Hall–Kier alpha value is -8.00. The molecule has 0 saturated carbocycles. The van der Waals surface area contributed by atoms with Crippen molar-refractivity contribution in [3.63, 3.8) is 0 Å². The van der Waals surface area contributed by atoms with E-state index >= 15 is 0 Å². The SMILES string of the molecule is c1cc(-c2nc(-c3cccc4c3oc3cccnc34)nc(-c3cccc4sc5ccccc5c34)n2)cc(-n2c3ccccc3c3cc(-c4ccc5ccccc5c4)ccc32)c1. The van der Waals surface area contributed by atoms with Crippen molar-refractivity contribution in [1.29, 1.82) is 0 Å². The number of furan rings is 1. The highest BCUT2D eigenvalue weighted by molar-refractivity contribution is 7.25. The lowest BCUT2D eigenvalue weighted by molar-refractivity contribution is 0.668. The maximum absolute atomic E-state index is 6.49. The van der Waals surface area contributed by atoms with E-state index < -0.39 is 0 Å². The Morgan fingerprint density at radius 2 is 1.15 bits per heavy atom. The summed E-state index contributed by atoms with van der Waals surface area (Å²) in [5.41, 5.74) is 10.5. The minimum absolute atomic E-state index is 0.532. The predicted octanol–water partition coefficient (Wildman–Crippen LogP) is 14.5. The van der Waals surface area contributed by atoms with Crippen LogP contribution in [0.4, 0.5) is 0 Å². The van der Waals surface area contributed by atoms with E-state index in [9.17, 15) is 0 Å². The van der Waals surface area contributed by atoms with Gasteiger partial charge in [-0.3, -0.25) is 4.98 Å². The Labute approximate surface area is 352 Å². The average molecular weight is 798 g/mol. The van der Waals surface area contributed by atoms with E-state index in [-0.39, 0.29) is 0 Å². The number of hydrogen-bond acceptors (Lipinski definition) is 6. The molecule has 0 saturated heterocycles. The number of aromatic nitrogens is 5. The summed E-state index contributed by atoms with van der Waals surface area (Å²) < 4.78 is 11.2. The Morgan fingerprint density at radius 1 is 0.443 bits per heavy atom. The molecule has 0 bridgehead atoms. The summed E-state index contributed by atoms with van der Waals surface area (Å²) in [6, 6.07) is 64.1. The topological polar surface area (TPSA) is 69.6 Å². The van der Waals surface area contributed by atoms with Gasteiger partial charge in [-0.1, -0.05) is 109 Å². The molecule has 0 aliphatic rings. The molecule has 0 aliphatic carbocycles. The molecule has 5 aromatic heterocycles. The molecule has 284 valence electrons. The number of pyridine rings is 1. The van der Waals surface area contributed by atoms with Crippen molar-refractivity contribution < 1.29 is 4.42 Å². The van der Waals surface area contributed by atoms with E-state index in [1.54, 1.807) is 17.5 Å². The van der Waals surface area contributed by atoms with Crippen LogP contribution in [0.15, 0.2) is 193 Å². The molecule has 5 heterocycles. The van der Waals surface area contributed by atoms with Gasteiger partial charge in [0.15, 0.2) is 23.1 Å². The van der Waals surface area contributed by atoms with Crippen LogP contribution >= 0.6 is 11.3 Å². The fraction of sp³-hybridized carbons (Fsp3) is 0. The fourth-order valence-corrected chi connectivity index (χ4v) is 10.2. The van der Waals surface area contributed by atoms with Gasteiger partial charge in [0.05, 0.1) is 16.6 Å². The average Bonchev–Trinajstić information content (AvgIpc) is 4.01. The van der Waals surface area contributed by atoms with Gasteiger partial charge in [0.25, 0.3) is 0 Å². The summed E-state index contributed by atoms with van der Waals surface area (Å²) in [7, 11) is 0. The van der Waals surface area contributed by atoms with Gasteiger partial charge < -0.3 is 8.98 Å². The van der Waals surface area contributed by atoms with Gasteiger partial charge in [-0.15, -0.1) is 11.3 Å². The van der Waals surface area contributed by atoms with E-state index in [0.717, 1.165) is 55.3 Å². The van der Waals surface area contributed by atoms with Gasteiger partial charge in [-0.25, -0.2) is 15.0 Å². The number of rotatable bonds is 5. The van der Waals surface area contributed by atoms with Crippen LogP contribution in [0.1, 0.15) is 0 Å². The lowest BCUT2D eigenvalue weighted by Gasteiger charge is -2.12. The number of thiophene rings is 1. The summed E-state index contributed by atoms with van der Waals surface area (Å²) >= 11 is 1.78. The monoisotopic (exact) mass is 797 g/mol. The Balaban J connectivity index is 1.01. The lowest BCUT2D eigenvalue weighted by Crippen LogP contribution is -2.01. The molecule has 6 nitrogen and oxygen atoms in total. The molecule has 0 spiro atoms. The smallest absolute Gasteiger partial charge is 0.167 e. The van der Waals surface area contributed by atoms with Gasteiger partial charge in [-0.2, -0.15) is 0 Å². The fourth-order valence-electron chi connectivity index (χ4n) is 9.09. The summed E-state index contributed by atoms with van der Waals surface area (Å²) in [6.07, 6.45) is 1.79. The van der Waals surface area contributed by atoms with Gasteiger partial charge in [0, 0.05) is 59.3 Å². The van der Waals surface area contributed by atoms with E-state index in [4.69, 9.17) is 19.4 Å². The molecule has 0 N–H and O–H groups in total. The second-order valence-corrected chi connectivity index (χ2v) is 16.5. The van der Waals surface area contributed by atoms with E-state index in [1.165, 1.54) is 47.5 Å². The molecule has 0 amide bonds. The molecule has 0 unspecified atom stereocenters. The maximum Gasteiger partial charge on any atom is 0.167 e. The molecule has 13 aromatic rings. The molecule has 0 radical (unpaired) electrons. The molecular weight excluding hydrogens is 767 g/mol. The normalized spacial score (nSPS) is 11.9. The highest BCUT2D eigenvalue weighted by atomic mass is 32.1. The van der Waals surface area contributed by atoms with Crippen molar-refractivity contribution in [2.75, 3.05) is 0 Å². The minimum Gasteiger partial charge on any atom is -0.454 e. The van der Waals surface area contributed by atoms with Gasteiger partial charge in [0.2, 0.25) is 0 Å². The minimum atomic E-state index is 0.532. The van der Waals surface area contributed by atoms with Crippen molar-refractivity contribution in [2.24, 2.45) is 0 Å². The largest absolute Gasteiger partial charge is 0.454 e. The first-order valence-corrected chi connectivity index (χ1v) is 21.1. The van der Waals surface area contributed by atoms with Crippen molar-refractivity contribution in [1.82, 2.24) is 24.5 Å². The quantitative estimate of drug-likeness (QED) is 0.173. The van der Waals surface area contributed by atoms with Crippen LogP contribution in [0.3, 0.4) is 0 Å². The van der Waals surface area contributed by atoms with Crippen molar-refractivity contribution in [3.8, 4) is 51.0 Å². The standard InChI is InChI=1S/C54H31N5OS/c1-2-12-33-29-34(25-24-32(33)11-1)35-26-27-45-43(31-35)38-15-3-5-20-44(38)59(45)37-14-7-13-36(30-37)52-56-53(40-17-9-23-48-49(40)39-16-4-6-22-47(39)61-48)58-54(57-52)42-19-8-18-41-50-46(60-51(41)42)21-10-28-55-50/h1-31H. The van der Waals surface area contributed by atoms with Crippen LogP contribution in [0.25, 0.3) is 126 Å². The zero-order valence-corrected chi connectivity index (χ0v) is 33.3. The first-order chi connectivity index (χ1) is 30.2. The third-order valence-corrected chi connectivity index (χ3v) is 13.0. The Morgan fingerprint density at radius 3 is 2.10 bits per heavy atom. The highest BCUT2D eigenvalue weighted by Gasteiger charge is 2.21. The van der Waals surface area contributed by atoms with Gasteiger partial charge in [-0.05, 0) is 94.7 Å². The molecule has 0 fully saturated rings. The van der Waals surface area contributed by atoms with Crippen molar-refractivity contribution in [2.45, 2.75) is 0 Å². The van der Waals surface area contributed by atoms with E-state index in [1.807, 2.05) is 30.3 Å². The third kappa shape index (κ3) is 5.34. The first-order valence-electron chi connectivity index (χ1n) is 20.3. The molecule has 7 heteroatoms. The van der Waals surface area contributed by atoms with Crippen LogP contribution in [0.5, 0.6) is 0 Å². The Bertz CT molecular complexity index is 3910. The third-order valence-electron chi connectivity index (χ3n) is 11.9. The summed E-state index contributed by atoms with van der Waals surface area (Å²) in [6.45, 7) is 0. The van der Waals surface area contributed by atoms with Crippen molar-refractivity contribution in [3.05, 3.63) is 188 Å². The number of fused-ring (bicyclic) bond motifs is 10. The molecule has 0 atom stereocenters. The Kier molecular flexibility index (Phi) is 7.37. The summed E-state index contributed by atoms with van der Waals surface area (Å²) in [4.78, 5) is 20.5. The zero-order chi connectivity index (χ0) is 40.0. The van der Waals surface area contributed by atoms with Crippen LogP contribution in [-0.2, 0) is 0 Å². The number of hydrogen-bond donors (Lipinski definition) is 0. The maximum atomic E-state index is 6.49. The summed E-state index contributed by atoms with van der Waals surface area (Å²) in [5, 5.41) is 8.10. The predicted molar refractivity (Wildman–Crippen MR) is 251 cm³/mol. The first kappa shape index (κ1) is 33.9. The molecular formula is C54H31N5OS. The van der Waals surface area contributed by atoms with Crippen LogP contribution < -0.4 is 0 Å². The summed E-state index contributed by atoms with van der Waals surface area (Å²) in [5.74, 6) is 1.71. The van der Waals surface area contributed by atoms with Crippen LogP contribution in [0, 0.1) is 0 Å². The van der Waals surface area contributed by atoms with Gasteiger partial charge in [0.1, 0.15) is 11.1 Å². The van der Waals surface area contributed by atoms with Crippen molar-refractivity contribution >= 4 is 86.2 Å². The lowest BCUT2D eigenvalue weighted by atomic mass is 9.99. The highest BCUT2D eigenvalue weighted by Crippen LogP contribution is 2.41.